The molecule has 42 heavy (non-hydrogen) atoms. The fraction of sp³-hybridized carbons (Fsp3) is 0.393. The Morgan fingerprint density at radius 3 is 2.74 bits per heavy atom. The topological polar surface area (TPSA) is 156 Å². The Balaban J connectivity index is 1.09. The van der Waals surface area contributed by atoms with Gasteiger partial charge in [-0.15, -0.1) is 0 Å². The Morgan fingerprint density at radius 2 is 1.90 bits per heavy atom. The Labute approximate surface area is 241 Å². The van der Waals surface area contributed by atoms with Gasteiger partial charge in [-0.1, -0.05) is 0 Å². The van der Waals surface area contributed by atoms with Gasteiger partial charge in [0.1, 0.15) is 11.5 Å². The lowest BCUT2D eigenvalue weighted by Gasteiger charge is -2.32. The number of H-pyrrole nitrogens is 1. The summed E-state index contributed by atoms with van der Waals surface area (Å²) in [5, 5.41) is 7.53. The van der Waals surface area contributed by atoms with Crippen molar-refractivity contribution in [1.29, 1.82) is 0 Å². The van der Waals surface area contributed by atoms with Gasteiger partial charge in [0.15, 0.2) is 11.5 Å². The number of carbonyl (C=O) groups is 2. The summed E-state index contributed by atoms with van der Waals surface area (Å²) in [5.41, 5.74) is 7.73. The molecule has 0 radical (unpaired) electrons. The van der Waals surface area contributed by atoms with E-state index in [1.54, 1.807) is 35.8 Å². The number of likely N-dealkylation sites (N-methyl/N-ethyl adjacent to an activating group) is 1. The molecule has 216 valence electrons. The van der Waals surface area contributed by atoms with Crippen LogP contribution in [0, 0.1) is 5.92 Å². The number of allylic oxidation sites excluding steroid dienone is 1. The average molecular weight is 570 g/mol. The number of nitrogens with zero attached hydrogens (tertiary/aromatic N) is 8. The first kappa shape index (κ1) is 26.2. The molecule has 3 aromatic heterocycles. The number of imidazole rings is 1. The van der Waals surface area contributed by atoms with Gasteiger partial charge in [0.2, 0.25) is 0 Å². The lowest BCUT2D eigenvalue weighted by molar-refractivity contribution is 0.0304. The summed E-state index contributed by atoms with van der Waals surface area (Å²) >= 11 is 0. The molecule has 1 unspecified atom stereocenters. The third kappa shape index (κ3) is 4.99. The minimum Gasteiger partial charge on any atom is -0.378 e. The van der Waals surface area contributed by atoms with Crippen LogP contribution < -0.4 is 10.7 Å². The van der Waals surface area contributed by atoms with E-state index in [2.05, 4.69) is 47.7 Å². The zero-order chi connectivity index (χ0) is 28.6. The molecule has 2 fully saturated rings. The van der Waals surface area contributed by atoms with Gasteiger partial charge in [0, 0.05) is 57.9 Å². The van der Waals surface area contributed by atoms with E-state index < -0.39 is 0 Å². The van der Waals surface area contributed by atoms with Gasteiger partial charge in [-0.3, -0.25) is 15.2 Å². The Kier molecular flexibility index (Phi) is 6.83. The number of carbonyl (C=O) groups excluding carboxylic acids is 2. The number of piperazine rings is 1. The van der Waals surface area contributed by atoms with Crippen molar-refractivity contribution in [2.24, 2.45) is 16.0 Å². The maximum absolute atomic E-state index is 13.3. The number of aliphatic imine (C=N–C) groups is 1. The fourth-order valence-electron chi connectivity index (χ4n) is 5.59. The Hall–Kier alpha value is -4.69. The number of hydrogen-bond donors (Lipinski definition) is 3. The maximum Gasteiger partial charge on any atom is 0.321 e. The van der Waals surface area contributed by atoms with Crippen LogP contribution in [0.1, 0.15) is 28.2 Å². The van der Waals surface area contributed by atoms with Crippen LogP contribution in [-0.4, -0.2) is 118 Å². The van der Waals surface area contributed by atoms with Crippen LogP contribution in [0.3, 0.4) is 0 Å². The normalized spacial score (nSPS) is 20.9. The number of nitrogens with one attached hydrogen (secondary N) is 3. The van der Waals surface area contributed by atoms with Gasteiger partial charge >= 0.3 is 6.03 Å². The van der Waals surface area contributed by atoms with Crippen LogP contribution >= 0.6 is 0 Å². The quantitative estimate of drug-likeness (QED) is 0.425. The van der Waals surface area contributed by atoms with Gasteiger partial charge in [0.25, 0.3) is 5.91 Å². The van der Waals surface area contributed by atoms with Crippen molar-refractivity contribution in [2.45, 2.75) is 6.42 Å². The number of amidine groups is 1. The smallest absolute Gasteiger partial charge is 0.321 e. The maximum atomic E-state index is 13.3. The van der Waals surface area contributed by atoms with Crippen LogP contribution in [0.25, 0.3) is 16.7 Å². The monoisotopic (exact) mass is 569 g/mol. The summed E-state index contributed by atoms with van der Waals surface area (Å²) in [6.45, 7) is 5.23. The van der Waals surface area contributed by atoms with Crippen molar-refractivity contribution in [2.75, 3.05) is 64.8 Å². The van der Waals surface area contributed by atoms with Crippen LogP contribution in [0.4, 0.5) is 10.5 Å². The molecule has 0 bridgehead atoms. The SMILES string of the molecule is CN1CCN(C(=O)Nc2cncc(C3=CN=C4NN=C(c5nc6nccc(C(=O)N7CCOCC7)c6[nH]5)C4C3)c2)CC1. The second-order valence-electron chi connectivity index (χ2n) is 10.8. The van der Waals surface area contributed by atoms with E-state index in [1.165, 1.54) is 0 Å². The summed E-state index contributed by atoms with van der Waals surface area (Å²) in [4.78, 5) is 53.3. The summed E-state index contributed by atoms with van der Waals surface area (Å²) < 4.78 is 5.40. The molecule has 1 atom stereocenters. The number of aromatic nitrogens is 4. The number of urea groups is 1. The van der Waals surface area contributed by atoms with E-state index in [0.29, 0.717) is 79.8 Å². The standard InChI is InChI=1S/C28H31N11O3/c1-37-4-6-39(7-5-37)28(41)32-19-12-17(14-29-16-19)18-13-21-23(35-36-24(21)31-15-18)26-33-22-20(2-3-30-25(22)34-26)27(40)38-8-10-42-11-9-38/h2-3,12,14-16,21H,4-11,13H2,1H3,(H,31,36)(H,32,41)(H,30,33,34). The molecular weight excluding hydrogens is 538 g/mol. The third-order valence-corrected chi connectivity index (χ3v) is 8.05. The van der Waals surface area contributed by atoms with Crippen molar-refractivity contribution in [1.82, 2.24) is 40.1 Å². The van der Waals surface area contributed by atoms with Crippen molar-refractivity contribution in [3.63, 3.8) is 0 Å². The third-order valence-electron chi connectivity index (χ3n) is 8.05. The number of pyridine rings is 2. The largest absolute Gasteiger partial charge is 0.378 e. The number of fused-ring (bicyclic) bond motifs is 2. The molecule has 2 saturated heterocycles. The summed E-state index contributed by atoms with van der Waals surface area (Å²) in [5.74, 6) is 1.01. The molecule has 0 aromatic carbocycles. The first-order chi connectivity index (χ1) is 20.5. The molecule has 0 spiro atoms. The molecule has 0 aliphatic carbocycles. The van der Waals surface area contributed by atoms with E-state index in [1.807, 2.05) is 11.0 Å². The van der Waals surface area contributed by atoms with Gasteiger partial charge in [-0.05, 0) is 36.7 Å². The molecule has 7 heterocycles. The number of morpholine rings is 1. The molecule has 3 aromatic rings. The second kappa shape index (κ2) is 10.9. The van der Waals surface area contributed by atoms with E-state index in [9.17, 15) is 9.59 Å². The van der Waals surface area contributed by atoms with Crippen LogP contribution in [0.2, 0.25) is 0 Å². The minimum atomic E-state index is -0.174. The number of rotatable bonds is 4. The molecular formula is C28H31N11O3. The second-order valence-corrected chi connectivity index (χ2v) is 10.8. The van der Waals surface area contributed by atoms with E-state index in [0.717, 1.165) is 30.1 Å². The molecule has 7 rings (SSSR count). The van der Waals surface area contributed by atoms with Gasteiger partial charge in [0.05, 0.1) is 42.1 Å². The first-order valence-corrected chi connectivity index (χ1v) is 14.1. The summed E-state index contributed by atoms with van der Waals surface area (Å²) in [7, 11) is 2.06. The van der Waals surface area contributed by atoms with Crippen molar-refractivity contribution >= 4 is 45.9 Å². The highest BCUT2D eigenvalue weighted by molar-refractivity contribution is 6.18. The molecule has 0 saturated carbocycles. The lowest BCUT2D eigenvalue weighted by atomic mass is 9.89. The number of ether oxygens (including phenoxy) is 1. The minimum absolute atomic E-state index is 0.0791. The Morgan fingerprint density at radius 1 is 1.07 bits per heavy atom. The number of amides is 3. The first-order valence-electron chi connectivity index (χ1n) is 14.1. The number of anilines is 1. The molecule has 14 heteroatoms. The zero-order valence-electron chi connectivity index (χ0n) is 23.2. The van der Waals surface area contributed by atoms with Gasteiger partial charge in [-0.2, -0.15) is 5.10 Å². The fourth-order valence-corrected chi connectivity index (χ4v) is 5.59. The van der Waals surface area contributed by atoms with Crippen molar-refractivity contribution < 1.29 is 14.3 Å². The van der Waals surface area contributed by atoms with Crippen molar-refractivity contribution in [3.8, 4) is 0 Å². The predicted octanol–water partition coefficient (Wildman–Crippen LogP) is 1.37. The van der Waals surface area contributed by atoms with Crippen LogP contribution in [0.5, 0.6) is 0 Å². The molecule has 3 amide bonds. The van der Waals surface area contributed by atoms with Gasteiger partial charge < -0.3 is 29.7 Å². The van der Waals surface area contributed by atoms with E-state index in [-0.39, 0.29) is 17.9 Å². The molecule has 3 N–H and O–H groups in total. The summed E-state index contributed by atoms with van der Waals surface area (Å²) in [6, 6.07) is 3.51. The van der Waals surface area contributed by atoms with Crippen molar-refractivity contribution in [3.05, 3.63) is 53.9 Å². The molecule has 14 nitrogen and oxygen atoms in total. The van der Waals surface area contributed by atoms with E-state index >= 15 is 0 Å². The highest BCUT2D eigenvalue weighted by atomic mass is 16.5. The molecule has 4 aliphatic rings. The average Bonchev–Trinajstić information content (AvgIpc) is 3.65. The predicted molar refractivity (Wildman–Crippen MR) is 156 cm³/mol. The number of aromatic amines is 1. The van der Waals surface area contributed by atoms with Crippen LogP contribution in [-0.2, 0) is 4.74 Å². The van der Waals surface area contributed by atoms with Gasteiger partial charge in [-0.25, -0.2) is 19.8 Å². The summed E-state index contributed by atoms with van der Waals surface area (Å²) in [6.07, 6.45) is 7.43. The highest BCUT2D eigenvalue weighted by Gasteiger charge is 2.35. The zero-order valence-corrected chi connectivity index (χ0v) is 23.2. The highest BCUT2D eigenvalue weighted by Crippen LogP contribution is 2.32. The number of hydrazone groups is 1. The Bertz CT molecular complexity index is 1630. The number of hydrogen-bond acceptors (Lipinski definition) is 10. The lowest BCUT2D eigenvalue weighted by Crippen LogP contribution is -2.48. The van der Waals surface area contributed by atoms with Crippen LogP contribution in [0.15, 0.2) is 47.0 Å². The van der Waals surface area contributed by atoms with E-state index in [4.69, 9.17) is 9.72 Å². The molecule has 4 aliphatic heterocycles.